The van der Waals surface area contributed by atoms with Crippen LogP contribution in [0.3, 0.4) is 0 Å². The molecule has 4 rings (SSSR count). The summed E-state index contributed by atoms with van der Waals surface area (Å²) in [4.78, 5) is 16.9. The molecular formula is C20H22Cl3FeN6. The van der Waals surface area contributed by atoms with E-state index in [0.29, 0.717) is 11.6 Å². The van der Waals surface area contributed by atoms with Gasteiger partial charge >= 0.3 is 33.3 Å². The van der Waals surface area contributed by atoms with Gasteiger partial charge < -0.3 is 23.9 Å². The molecule has 0 bridgehead atoms. The zero-order chi connectivity index (χ0) is 21.6. The first-order valence-electron chi connectivity index (χ1n) is 8.61. The van der Waals surface area contributed by atoms with E-state index in [-0.39, 0.29) is 25.5 Å². The fourth-order valence-electron chi connectivity index (χ4n) is 2.89. The molecule has 10 heteroatoms. The van der Waals surface area contributed by atoms with Crippen LogP contribution in [0.1, 0.15) is 22.5 Å². The van der Waals surface area contributed by atoms with Crippen LogP contribution in [0, 0.1) is 27.7 Å². The first-order chi connectivity index (χ1) is 13.7. The van der Waals surface area contributed by atoms with Crippen LogP contribution in [0.25, 0.3) is 22.1 Å². The van der Waals surface area contributed by atoms with Crippen LogP contribution in [0.4, 0.5) is 11.6 Å². The molecule has 30 heavy (non-hydrogen) atoms. The Balaban J connectivity index is 0.000000258. The minimum atomic E-state index is 0. The van der Waals surface area contributed by atoms with Gasteiger partial charge in [0.2, 0.25) is 0 Å². The summed E-state index contributed by atoms with van der Waals surface area (Å²) in [5.41, 5.74) is 16.9. The molecule has 4 aromatic heterocycles. The Morgan fingerprint density at radius 2 is 1.00 bits per heavy atom. The SMILES string of the molecule is Cc1cc(C)c2ccc(N)nc2n1.Cc1cc(C)c2ccc(N)nc2n1.[Cl-].[Cl][Fe+][Cl]. The van der Waals surface area contributed by atoms with Gasteiger partial charge in [-0.05, 0) is 75.2 Å². The first kappa shape index (κ1) is 26.1. The number of nitrogens with zero attached hydrogens (tertiary/aromatic N) is 4. The molecule has 0 fully saturated rings. The van der Waals surface area contributed by atoms with Gasteiger partial charge in [-0.3, -0.25) is 0 Å². The van der Waals surface area contributed by atoms with E-state index in [0.717, 1.165) is 33.5 Å². The Kier molecular flexibility index (Phi) is 10.5. The number of halogens is 3. The number of aromatic nitrogens is 4. The molecule has 0 aromatic carbocycles. The molecule has 0 unspecified atom stereocenters. The molecule has 0 radical (unpaired) electrons. The van der Waals surface area contributed by atoms with Gasteiger partial charge in [-0.15, -0.1) is 0 Å². The van der Waals surface area contributed by atoms with Crippen molar-refractivity contribution in [1.29, 1.82) is 0 Å². The van der Waals surface area contributed by atoms with E-state index in [9.17, 15) is 0 Å². The summed E-state index contributed by atoms with van der Waals surface area (Å²) in [6.45, 7) is 8.01. The molecule has 4 heterocycles. The average Bonchev–Trinajstić information content (AvgIpc) is 2.61. The van der Waals surface area contributed by atoms with Gasteiger partial charge in [0.1, 0.15) is 11.6 Å². The molecule has 6 nitrogen and oxygen atoms in total. The van der Waals surface area contributed by atoms with Crippen LogP contribution >= 0.6 is 20.2 Å². The second kappa shape index (κ2) is 12.1. The van der Waals surface area contributed by atoms with Crippen molar-refractivity contribution in [1.82, 2.24) is 19.9 Å². The third kappa shape index (κ3) is 7.11. The molecule has 0 saturated heterocycles. The molecule has 0 spiro atoms. The van der Waals surface area contributed by atoms with E-state index in [2.05, 4.69) is 33.8 Å². The van der Waals surface area contributed by atoms with Crippen molar-refractivity contribution in [3.8, 4) is 0 Å². The summed E-state index contributed by atoms with van der Waals surface area (Å²) < 4.78 is 0. The molecule has 4 N–H and O–H groups in total. The fourth-order valence-corrected chi connectivity index (χ4v) is 2.89. The number of nitrogens with two attached hydrogens (primary N) is 2. The number of hydrogen-bond acceptors (Lipinski definition) is 6. The van der Waals surface area contributed by atoms with Crippen molar-refractivity contribution >= 4 is 53.9 Å². The van der Waals surface area contributed by atoms with Gasteiger partial charge in [0.15, 0.2) is 11.3 Å². The second-order valence-electron chi connectivity index (χ2n) is 6.43. The van der Waals surface area contributed by atoms with Crippen LogP contribution in [0.5, 0.6) is 0 Å². The number of nitrogen functional groups attached to an aromatic ring is 2. The van der Waals surface area contributed by atoms with Crippen molar-refractivity contribution in [3.63, 3.8) is 0 Å². The summed E-state index contributed by atoms with van der Waals surface area (Å²) in [7, 11) is 9.53. The van der Waals surface area contributed by atoms with Crippen LogP contribution < -0.4 is 23.9 Å². The first-order valence-corrected chi connectivity index (χ1v) is 11.6. The summed E-state index contributed by atoms with van der Waals surface area (Å²) in [5, 5.41) is 2.14. The normalized spacial score (nSPS) is 9.80. The molecule has 0 aliphatic rings. The van der Waals surface area contributed by atoms with Gasteiger partial charge in [0, 0.05) is 22.2 Å². The molecular weight excluding hydrogens is 486 g/mol. The Bertz CT molecular complexity index is 1040. The summed E-state index contributed by atoms with van der Waals surface area (Å²) >= 11 is 0.194. The Labute approximate surface area is 196 Å². The van der Waals surface area contributed by atoms with Gasteiger partial charge in [0.25, 0.3) is 0 Å². The van der Waals surface area contributed by atoms with Gasteiger partial charge in [-0.1, -0.05) is 0 Å². The minimum absolute atomic E-state index is 0. The van der Waals surface area contributed by atoms with E-state index >= 15 is 0 Å². The Hall–Kier alpha value is -1.89. The van der Waals surface area contributed by atoms with Crippen molar-refractivity contribution in [3.05, 3.63) is 58.9 Å². The van der Waals surface area contributed by atoms with E-state index in [1.54, 1.807) is 12.1 Å². The standard InChI is InChI=1S/2C10H11N3.3ClH.Fe/c2*1-6-5-7(2)12-10-8(6)3-4-9(11)13-10;;;;/h2*3-5H,1-2H3,(H2,11,12,13);3*1H;/q;;;;;+3/p-3. The van der Waals surface area contributed by atoms with Gasteiger partial charge in [-0.2, -0.15) is 0 Å². The van der Waals surface area contributed by atoms with Crippen LogP contribution in [0.15, 0.2) is 36.4 Å². The van der Waals surface area contributed by atoms with Crippen molar-refractivity contribution < 1.29 is 25.5 Å². The zero-order valence-corrected chi connectivity index (χ0v) is 20.3. The molecule has 0 aliphatic heterocycles. The topological polar surface area (TPSA) is 104 Å². The van der Waals surface area contributed by atoms with Gasteiger partial charge in [-0.25, -0.2) is 19.9 Å². The quantitative estimate of drug-likeness (QED) is 0.353. The van der Waals surface area contributed by atoms with E-state index in [1.165, 1.54) is 11.1 Å². The number of anilines is 2. The second-order valence-corrected chi connectivity index (χ2v) is 8.25. The van der Waals surface area contributed by atoms with Crippen LogP contribution in [-0.2, 0) is 13.1 Å². The third-order valence-corrected chi connectivity index (χ3v) is 4.06. The maximum absolute atomic E-state index is 5.57. The van der Waals surface area contributed by atoms with Crippen molar-refractivity contribution in [2.75, 3.05) is 11.5 Å². The van der Waals surface area contributed by atoms with E-state index in [1.807, 2.05) is 38.1 Å². The Morgan fingerprint density at radius 3 is 1.33 bits per heavy atom. The number of fused-ring (bicyclic) bond motifs is 2. The van der Waals surface area contributed by atoms with Crippen molar-refractivity contribution in [2.45, 2.75) is 27.7 Å². The number of aryl methyl sites for hydroxylation is 4. The summed E-state index contributed by atoms with van der Waals surface area (Å²) in [6, 6.07) is 11.6. The van der Waals surface area contributed by atoms with E-state index in [4.69, 9.17) is 31.7 Å². The molecule has 0 amide bonds. The number of hydrogen-bond donors (Lipinski definition) is 2. The average molecular weight is 509 g/mol. The van der Waals surface area contributed by atoms with E-state index < -0.39 is 0 Å². The molecule has 0 atom stereocenters. The monoisotopic (exact) mass is 507 g/mol. The van der Waals surface area contributed by atoms with Gasteiger partial charge in [0.05, 0.1) is 0 Å². The number of rotatable bonds is 0. The van der Waals surface area contributed by atoms with Crippen LogP contribution in [0.2, 0.25) is 0 Å². The third-order valence-electron chi connectivity index (χ3n) is 4.06. The molecule has 0 saturated carbocycles. The zero-order valence-electron chi connectivity index (χ0n) is 16.9. The fraction of sp³-hybridized carbons (Fsp3) is 0.200. The molecule has 161 valence electrons. The summed E-state index contributed by atoms with van der Waals surface area (Å²) in [5.74, 6) is 1.04. The summed E-state index contributed by atoms with van der Waals surface area (Å²) in [6.07, 6.45) is 0. The Morgan fingerprint density at radius 1 is 0.667 bits per heavy atom. The van der Waals surface area contributed by atoms with Crippen LogP contribution in [-0.4, -0.2) is 19.9 Å². The molecule has 0 aliphatic carbocycles. The maximum atomic E-state index is 5.57. The predicted molar refractivity (Wildman–Crippen MR) is 119 cm³/mol. The van der Waals surface area contributed by atoms with Crippen molar-refractivity contribution in [2.24, 2.45) is 0 Å². The predicted octanol–water partition coefficient (Wildman–Crippen LogP) is 2.04. The molecule has 4 aromatic rings. The number of pyridine rings is 4.